The molecule has 3 aliphatic rings. The number of nitrogens with zero attached hydrogens (tertiary/aromatic N) is 1. The van der Waals surface area contributed by atoms with Crippen molar-refractivity contribution in [1.29, 1.82) is 0 Å². The summed E-state index contributed by atoms with van der Waals surface area (Å²) < 4.78 is 0. The number of fused-ring (bicyclic) bond motifs is 1. The Kier molecular flexibility index (Phi) is 9.17. The van der Waals surface area contributed by atoms with Crippen LogP contribution in [0.15, 0.2) is 79.4 Å². The van der Waals surface area contributed by atoms with E-state index in [2.05, 4.69) is 76.0 Å². The minimum Gasteiger partial charge on any atom is -0.356 e. The van der Waals surface area contributed by atoms with Crippen molar-refractivity contribution < 1.29 is 14.4 Å². The monoisotopic (exact) mass is 596 g/mol. The number of hydrogen-bond donors (Lipinski definition) is 3. The molecule has 2 amide bonds. The van der Waals surface area contributed by atoms with Crippen LogP contribution in [0, 0.1) is 5.92 Å². The molecule has 43 heavy (non-hydrogen) atoms. The summed E-state index contributed by atoms with van der Waals surface area (Å²) in [6, 6.07) is 23.8. The second kappa shape index (κ2) is 13.4. The summed E-state index contributed by atoms with van der Waals surface area (Å²) >= 11 is 1.38. The van der Waals surface area contributed by atoms with Gasteiger partial charge in [-0.15, -0.1) is 11.3 Å². The maximum atomic E-state index is 12.8. The summed E-state index contributed by atoms with van der Waals surface area (Å²) in [5, 5.41) is 10.1. The summed E-state index contributed by atoms with van der Waals surface area (Å²) in [5.41, 5.74) is 3.83. The Morgan fingerprint density at radius 1 is 0.953 bits per heavy atom. The number of benzene rings is 2. The number of piperidine rings is 3. The lowest BCUT2D eigenvalue weighted by Crippen LogP contribution is -2.56. The van der Waals surface area contributed by atoms with Crippen LogP contribution in [0.25, 0.3) is 0 Å². The maximum absolute atomic E-state index is 12.8. The highest BCUT2D eigenvalue weighted by Crippen LogP contribution is 2.42. The third-order valence-electron chi connectivity index (χ3n) is 9.24. The van der Waals surface area contributed by atoms with Crippen molar-refractivity contribution in [2.24, 2.45) is 5.92 Å². The molecular formula is C35H40N4O3S. The van der Waals surface area contributed by atoms with Crippen molar-refractivity contribution in [2.45, 2.75) is 62.7 Å². The summed E-state index contributed by atoms with van der Waals surface area (Å²) in [6.07, 6.45) is 5.27. The molecule has 0 aliphatic carbocycles. The predicted octanol–water partition coefficient (Wildman–Crippen LogP) is 4.76. The largest absolute Gasteiger partial charge is 0.356 e. The van der Waals surface area contributed by atoms with Crippen LogP contribution in [0.3, 0.4) is 0 Å². The number of ketones is 1. The molecule has 224 valence electrons. The van der Waals surface area contributed by atoms with E-state index in [1.165, 1.54) is 34.1 Å². The van der Waals surface area contributed by atoms with Crippen LogP contribution in [0.1, 0.15) is 68.9 Å². The lowest BCUT2D eigenvalue weighted by atomic mass is 9.72. The SMILES string of the molecule is C=CC(=O)Cc1ccc(C(=O)NC2CCN(Cc3ccc(C4NC5CCNC(=O)C5CC4c4ccccc4)cc3)CC2)s1. The Morgan fingerprint density at radius 3 is 2.47 bits per heavy atom. The fourth-order valence-corrected chi connectivity index (χ4v) is 7.79. The first-order valence-electron chi connectivity index (χ1n) is 15.4. The second-order valence-electron chi connectivity index (χ2n) is 12.1. The topological polar surface area (TPSA) is 90.5 Å². The van der Waals surface area contributed by atoms with Gasteiger partial charge in [-0.1, -0.05) is 61.2 Å². The fraction of sp³-hybridized carbons (Fsp3) is 0.400. The van der Waals surface area contributed by atoms with Crippen LogP contribution >= 0.6 is 11.3 Å². The van der Waals surface area contributed by atoms with Crippen molar-refractivity contribution in [3.63, 3.8) is 0 Å². The van der Waals surface area contributed by atoms with Crippen molar-refractivity contribution in [1.82, 2.24) is 20.9 Å². The first-order chi connectivity index (χ1) is 21.0. The molecular weight excluding hydrogens is 556 g/mol. The number of likely N-dealkylation sites (tertiary alicyclic amines) is 1. The van der Waals surface area contributed by atoms with Gasteiger partial charge < -0.3 is 16.0 Å². The zero-order chi connectivity index (χ0) is 29.8. The van der Waals surface area contributed by atoms with Gasteiger partial charge in [-0.2, -0.15) is 0 Å². The Balaban J connectivity index is 1.03. The molecule has 8 heteroatoms. The Bertz CT molecular complexity index is 1450. The Hall–Kier alpha value is -3.59. The molecule has 3 aromatic rings. The molecule has 3 aliphatic heterocycles. The number of rotatable bonds is 9. The molecule has 0 spiro atoms. The molecule has 0 saturated carbocycles. The van der Waals surface area contributed by atoms with Crippen molar-refractivity contribution >= 4 is 28.9 Å². The summed E-state index contributed by atoms with van der Waals surface area (Å²) in [6.45, 7) is 7.01. The van der Waals surface area contributed by atoms with E-state index in [1.54, 1.807) is 6.07 Å². The molecule has 3 saturated heterocycles. The molecule has 6 rings (SSSR count). The summed E-state index contributed by atoms with van der Waals surface area (Å²) in [4.78, 5) is 41.1. The second-order valence-corrected chi connectivity index (χ2v) is 13.2. The predicted molar refractivity (Wildman–Crippen MR) is 170 cm³/mol. The molecule has 3 fully saturated rings. The minimum absolute atomic E-state index is 0.0120. The van der Waals surface area contributed by atoms with Gasteiger partial charge in [0.15, 0.2) is 5.78 Å². The first-order valence-corrected chi connectivity index (χ1v) is 16.2. The first kappa shape index (κ1) is 29.5. The lowest BCUT2D eigenvalue weighted by molar-refractivity contribution is -0.129. The van der Waals surface area contributed by atoms with Crippen LogP contribution in [0.4, 0.5) is 0 Å². The van der Waals surface area contributed by atoms with Crippen molar-refractivity contribution in [3.05, 3.63) is 106 Å². The van der Waals surface area contributed by atoms with Crippen molar-refractivity contribution in [2.75, 3.05) is 19.6 Å². The number of amides is 2. The molecule has 7 nitrogen and oxygen atoms in total. The third kappa shape index (κ3) is 6.98. The number of nitrogens with one attached hydrogen (secondary N) is 3. The molecule has 0 bridgehead atoms. The van der Waals surface area contributed by atoms with E-state index in [0.29, 0.717) is 11.3 Å². The summed E-state index contributed by atoms with van der Waals surface area (Å²) in [5.74, 6) is 0.340. The van der Waals surface area contributed by atoms with E-state index in [9.17, 15) is 14.4 Å². The van der Waals surface area contributed by atoms with Gasteiger partial charge in [-0.3, -0.25) is 19.3 Å². The number of carbonyl (C=O) groups is 3. The molecule has 4 atom stereocenters. The zero-order valence-corrected chi connectivity index (χ0v) is 25.3. The Morgan fingerprint density at radius 2 is 1.72 bits per heavy atom. The maximum Gasteiger partial charge on any atom is 0.261 e. The fourth-order valence-electron chi connectivity index (χ4n) is 6.87. The van der Waals surface area contributed by atoms with Gasteiger partial charge in [0.1, 0.15) is 0 Å². The lowest BCUT2D eigenvalue weighted by Gasteiger charge is -2.44. The molecule has 0 radical (unpaired) electrons. The van der Waals surface area contributed by atoms with Crippen LogP contribution in [-0.4, -0.2) is 54.2 Å². The van der Waals surface area contributed by atoms with E-state index in [1.807, 2.05) is 12.1 Å². The van der Waals surface area contributed by atoms with Gasteiger partial charge in [-0.05, 0) is 60.6 Å². The Labute approximate surface area is 257 Å². The van der Waals surface area contributed by atoms with E-state index in [0.717, 1.165) is 56.7 Å². The van der Waals surface area contributed by atoms with Gasteiger partial charge in [-0.25, -0.2) is 0 Å². The van der Waals surface area contributed by atoms with Gasteiger partial charge in [0.25, 0.3) is 5.91 Å². The van der Waals surface area contributed by atoms with Gasteiger partial charge in [0.2, 0.25) is 5.91 Å². The molecule has 2 aromatic carbocycles. The molecule has 1 aromatic heterocycles. The molecule has 3 N–H and O–H groups in total. The normalized spacial score (nSPS) is 24.5. The van der Waals surface area contributed by atoms with Crippen molar-refractivity contribution in [3.8, 4) is 0 Å². The highest BCUT2D eigenvalue weighted by molar-refractivity contribution is 7.14. The number of allylic oxidation sites excluding steroid dienone is 1. The van der Waals surface area contributed by atoms with Crippen LogP contribution in [-0.2, 0) is 22.6 Å². The molecule has 4 unspecified atom stereocenters. The van der Waals surface area contributed by atoms with Crippen LogP contribution < -0.4 is 16.0 Å². The van der Waals surface area contributed by atoms with Gasteiger partial charge in [0, 0.05) is 61.5 Å². The van der Waals surface area contributed by atoms with Crippen LogP contribution in [0.2, 0.25) is 0 Å². The molecule has 4 heterocycles. The number of thiophene rings is 1. The standard InChI is InChI=1S/C35H40N4O3S/c1-2-27(40)20-28-12-13-32(43-28)35(42)37-26-15-18-39(19-16-26)22-23-8-10-25(11-9-23)33-29(24-6-4-3-5-7-24)21-30-31(38-33)14-17-36-34(30)41/h2-13,26,29-31,33,38H,1,14-22H2,(H,36,41)(H,37,42). The van der Waals surface area contributed by atoms with E-state index in [-0.39, 0.29) is 47.6 Å². The average Bonchev–Trinajstić information content (AvgIpc) is 3.51. The van der Waals surface area contributed by atoms with E-state index in [4.69, 9.17) is 0 Å². The average molecular weight is 597 g/mol. The highest BCUT2D eigenvalue weighted by Gasteiger charge is 2.42. The number of hydrogen-bond acceptors (Lipinski definition) is 6. The minimum atomic E-state index is -0.0540. The van der Waals surface area contributed by atoms with Gasteiger partial charge in [0.05, 0.1) is 10.8 Å². The zero-order valence-electron chi connectivity index (χ0n) is 24.5. The van der Waals surface area contributed by atoms with E-state index >= 15 is 0 Å². The van der Waals surface area contributed by atoms with Gasteiger partial charge >= 0.3 is 0 Å². The van der Waals surface area contributed by atoms with Crippen LogP contribution in [0.5, 0.6) is 0 Å². The smallest absolute Gasteiger partial charge is 0.261 e. The highest BCUT2D eigenvalue weighted by atomic mass is 32.1. The summed E-state index contributed by atoms with van der Waals surface area (Å²) in [7, 11) is 0. The quantitative estimate of drug-likeness (QED) is 0.310. The third-order valence-corrected chi connectivity index (χ3v) is 10.3. The number of carbonyl (C=O) groups excluding carboxylic acids is 3. The van der Waals surface area contributed by atoms with E-state index < -0.39 is 0 Å².